The number of nitrogens with zero attached hydrogens (tertiary/aromatic N) is 2. The molecule has 0 saturated carbocycles. The van der Waals surface area contributed by atoms with Gasteiger partial charge in [0.1, 0.15) is 11.5 Å². The van der Waals surface area contributed by atoms with Crippen LogP contribution in [0.1, 0.15) is 23.2 Å². The number of sulfonamides is 1. The second kappa shape index (κ2) is 9.42. The second-order valence-electron chi connectivity index (χ2n) is 8.58. The van der Waals surface area contributed by atoms with Gasteiger partial charge >= 0.3 is 0 Å². The molecule has 0 spiro atoms. The lowest BCUT2D eigenvalue weighted by atomic mass is 10.1. The Morgan fingerprint density at radius 1 is 0.886 bits per heavy atom. The van der Waals surface area contributed by atoms with Gasteiger partial charge in [0, 0.05) is 30.8 Å². The highest BCUT2D eigenvalue weighted by molar-refractivity contribution is 7.93. The highest BCUT2D eigenvalue weighted by atomic mass is 32.2. The lowest BCUT2D eigenvalue weighted by Gasteiger charge is -2.18. The number of carbonyl (C=O) groups excluding carboxylic acids is 2. The van der Waals surface area contributed by atoms with E-state index in [4.69, 9.17) is 4.74 Å². The van der Waals surface area contributed by atoms with Crippen molar-refractivity contribution in [3.63, 3.8) is 0 Å². The molecule has 180 valence electrons. The van der Waals surface area contributed by atoms with Crippen LogP contribution in [0, 0.1) is 0 Å². The third-order valence-corrected chi connectivity index (χ3v) is 7.97. The summed E-state index contributed by atoms with van der Waals surface area (Å²) < 4.78 is 31.4. The summed E-state index contributed by atoms with van der Waals surface area (Å²) in [5.41, 5.74) is 1.71. The molecule has 35 heavy (non-hydrogen) atoms. The Balaban J connectivity index is 1.19. The second-order valence-corrected chi connectivity index (χ2v) is 10.6. The summed E-state index contributed by atoms with van der Waals surface area (Å²) in [7, 11) is -3.27. The first-order chi connectivity index (χ1) is 16.9. The first-order valence-electron chi connectivity index (χ1n) is 11.4. The van der Waals surface area contributed by atoms with Crippen molar-refractivity contribution >= 4 is 33.2 Å². The van der Waals surface area contributed by atoms with Crippen molar-refractivity contribution in [2.75, 3.05) is 28.0 Å². The summed E-state index contributed by atoms with van der Waals surface area (Å²) in [5.74, 6) is 1.18. The van der Waals surface area contributed by atoms with Gasteiger partial charge in [0.2, 0.25) is 15.9 Å². The molecule has 3 aromatic carbocycles. The van der Waals surface area contributed by atoms with E-state index in [1.807, 2.05) is 54.6 Å². The van der Waals surface area contributed by atoms with Gasteiger partial charge in [0.15, 0.2) is 0 Å². The van der Waals surface area contributed by atoms with Crippen LogP contribution in [0.15, 0.2) is 78.9 Å². The normalized spacial score (nSPS) is 19.1. The van der Waals surface area contributed by atoms with E-state index >= 15 is 0 Å². The maximum atomic E-state index is 12.7. The van der Waals surface area contributed by atoms with Crippen LogP contribution in [0.2, 0.25) is 0 Å². The number of ether oxygens (including phenoxy) is 1. The zero-order chi connectivity index (χ0) is 24.4. The number of carbonyl (C=O) groups is 2. The molecule has 3 aromatic rings. The van der Waals surface area contributed by atoms with Crippen LogP contribution in [-0.4, -0.2) is 45.1 Å². The highest BCUT2D eigenvalue weighted by Gasteiger charge is 2.32. The molecule has 1 atom stereocenters. The molecule has 2 aliphatic rings. The highest BCUT2D eigenvalue weighted by Crippen LogP contribution is 2.27. The van der Waals surface area contributed by atoms with Crippen LogP contribution >= 0.6 is 0 Å². The van der Waals surface area contributed by atoms with E-state index in [2.05, 4.69) is 5.32 Å². The molecule has 5 rings (SSSR count). The monoisotopic (exact) mass is 491 g/mol. The average molecular weight is 492 g/mol. The predicted octanol–water partition coefficient (Wildman–Crippen LogP) is 3.55. The maximum Gasteiger partial charge on any atom is 0.251 e. The van der Waals surface area contributed by atoms with Crippen LogP contribution in [0.4, 0.5) is 11.4 Å². The minimum absolute atomic E-state index is 0.0679. The SMILES string of the molecule is O=C(NC1CC(=O)N(c2ccc(Oc3ccccc3)cc2)C1)c1ccc(N2CCCS2(=O)=O)cc1. The summed E-state index contributed by atoms with van der Waals surface area (Å²) in [6, 6.07) is 22.9. The van der Waals surface area contributed by atoms with Crippen molar-refractivity contribution in [1.82, 2.24) is 5.32 Å². The molecule has 1 N–H and O–H groups in total. The molecule has 2 fully saturated rings. The van der Waals surface area contributed by atoms with Crippen LogP contribution < -0.4 is 19.3 Å². The molecule has 0 aliphatic carbocycles. The Labute approximate surface area is 204 Å². The topological polar surface area (TPSA) is 96.0 Å². The maximum absolute atomic E-state index is 12.7. The quantitative estimate of drug-likeness (QED) is 0.569. The van der Waals surface area contributed by atoms with E-state index in [0.29, 0.717) is 36.5 Å². The summed E-state index contributed by atoms with van der Waals surface area (Å²) in [4.78, 5) is 27.0. The van der Waals surface area contributed by atoms with Crippen molar-refractivity contribution in [2.45, 2.75) is 18.9 Å². The largest absolute Gasteiger partial charge is 0.457 e. The van der Waals surface area contributed by atoms with Gasteiger partial charge in [-0.3, -0.25) is 13.9 Å². The van der Waals surface area contributed by atoms with Gasteiger partial charge < -0.3 is 15.0 Å². The van der Waals surface area contributed by atoms with Crippen LogP contribution in [0.25, 0.3) is 0 Å². The van der Waals surface area contributed by atoms with E-state index in [9.17, 15) is 18.0 Å². The lowest BCUT2D eigenvalue weighted by Crippen LogP contribution is -2.37. The fraction of sp³-hybridized carbons (Fsp3) is 0.231. The Kier molecular flexibility index (Phi) is 6.17. The van der Waals surface area contributed by atoms with Gasteiger partial charge in [-0.25, -0.2) is 8.42 Å². The third-order valence-electron chi connectivity index (χ3n) is 6.10. The standard InChI is InChI=1S/C26H25N3O5S/c30-25-17-20(18-28(25)21-11-13-24(14-12-21)34-23-5-2-1-3-6-23)27-26(31)19-7-9-22(10-8-19)29-15-4-16-35(29,32)33/h1-3,5-14,20H,4,15-18H2,(H,27,31). The molecule has 0 radical (unpaired) electrons. The van der Waals surface area contributed by atoms with Crippen molar-refractivity contribution in [1.29, 1.82) is 0 Å². The molecule has 2 aliphatic heterocycles. The number of rotatable bonds is 6. The smallest absolute Gasteiger partial charge is 0.251 e. The number of benzene rings is 3. The van der Waals surface area contributed by atoms with Crippen LogP contribution in [-0.2, 0) is 14.8 Å². The number of hydrogen-bond acceptors (Lipinski definition) is 5. The van der Waals surface area contributed by atoms with Crippen LogP contribution in [0.3, 0.4) is 0 Å². The third kappa shape index (κ3) is 5.00. The van der Waals surface area contributed by atoms with E-state index in [1.54, 1.807) is 29.2 Å². The Morgan fingerprint density at radius 2 is 1.54 bits per heavy atom. The Bertz CT molecular complexity index is 1330. The average Bonchev–Trinajstić information content (AvgIpc) is 3.41. The molecular weight excluding hydrogens is 466 g/mol. The van der Waals surface area contributed by atoms with E-state index in [-0.39, 0.29) is 30.0 Å². The molecule has 0 aromatic heterocycles. The number of anilines is 2. The molecule has 2 amide bonds. The number of nitrogens with one attached hydrogen (secondary N) is 1. The molecule has 9 heteroatoms. The minimum Gasteiger partial charge on any atom is -0.457 e. The van der Waals surface area contributed by atoms with Gasteiger partial charge in [-0.1, -0.05) is 18.2 Å². The zero-order valence-electron chi connectivity index (χ0n) is 19.0. The van der Waals surface area contributed by atoms with Crippen molar-refractivity contribution in [3.8, 4) is 11.5 Å². The number of hydrogen-bond donors (Lipinski definition) is 1. The van der Waals surface area contributed by atoms with Crippen molar-refractivity contribution in [2.24, 2.45) is 0 Å². The van der Waals surface area contributed by atoms with Gasteiger partial charge in [-0.05, 0) is 67.1 Å². The Morgan fingerprint density at radius 3 is 2.20 bits per heavy atom. The van der Waals surface area contributed by atoms with E-state index in [1.165, 1.54) is 4.31 Å². The Hall–Kier alpha value is -3.85. The minimum atomic E-state index is -3.27. The predicted molar refractivity (Wildman–Crippen MR) is 133 cm³/mol. The molecule has 1 unspecified atom stereocenters. The number of para-hydroxylation sites is 1. The van der Waals surface area contributed by atoms with Crippen LogP contribution in [0.5, 0.6) is 11.5 Å². The van der Waals surface area contributed by atoms with Crippen molar-refractivity contribution < 1.29 is 22.7 Å². The van der Waals surface area contributed by atoms with Gasteiger partial charge in [-0.15, -0.1) is 0 Å². The summed E-state index contributed by atoms with van der Waals surface area (Å²) in [6.07, 6.45) is 0.803. The zero-order valence-corrected chi connectivity index (χ0v) is 19.8. The summed E-state index contributed by atoms with van der Waals surface area (Å²) in [6.45, 7) is 0.820. The lowest BCUT2D eigenvalue weighted by molar-refractivity contribution is -0.117. The summed E-state index contributed by atoms with van der Waals surface area (Å²) >= 11 is 0. The first-order valence-corrected chi connectivity index (χ1v) is 13.0. The fourth-order valence-corrected chi connectivity index (χ4v) is 5.91. The molecule has 0 bridgehead atoms. The number of amides is 2. The fourth-order valence-electron chi connectivity index (χ4n) is 4.35. The van der Waals surface area contributed by atoms with E-state index in [0.717, 1.165) is 11.4 Å². The van der Waals surface area contributed by atoms with Gasteiger partial charge in [-0.2, -0.15) is 0 Å². The van der Waals surface area contributed by atoms with Crippen molar-refractivity contribution in [3.05, 3.63) is 84.4 Å². The molecule has 8 nitrogen and oxygen atoms in total. The molecular formula is C26H25N3O5S. The molecule has 2 heterocycles. The first kappa shape index (κ1) is 22.9. The summed E-state index contributed by atoms with van der Waals surface area (Å²) in [5, 5.41) is 2.92. The van der Waals surface area contributed by atoms with Gasteiger partial charge in [0.05, 0.1) is 17.5 Å². The molecule has 2 saturated heterocycles. The van der Waals surface area contributed by atoms with Gasteiger partial charge in [0.25, 0.3) is 5.91 Å². The van der Waals surface area contributed by atoms with E-state index < -0.39 is 10.0 Å².